The van der Waals surface area contributed by atoms with Crippen LogP contribution in [0.25, 0.3) is 10.9 Å². The predicted molar refractivity (Wildman–Crippen MR) is 87.4 cm³/mol. The van der Waals surface area contributed by atoms with Crippen LogP contribution < -0.4 is 11.0 Å². The fraction of sp³-hybridized carbons (Fsp3) is 0.471. The van der Waals surface area contributed by atoms with Crippen LogP contribution in [0.1, 0.15) is 29.8 Å². The van der Waals surface area contributed by atoms with Gasteiger partial charge in [-0.3, -0.25) is 4.79 Å². The number of carbonyl (C=O) groups excluding carboxylic acids is 1. The third-order valence-corrected chi connectivity index (χ3v) is 5.12. The van der Waals surface area contributed by atoms with Gasteiger partial charge in [-0.15, -0.1) is 0 Å². The smallest absolute Gasteiger partial charge is 0.337 e. The van der Waals surface area contributed by atoms with E-state index in [1.165, 1.54) is 0 Å². The van der Waals surface area contributed by atoms with Crippen LogP contribution in [0.2, 0.25) is 0 Å². The van der Waals surface area contributed by atoms with Gasteiger partial charge < -0.3 is 15.2 Å². The number of aromatic nitrogens is 2. The Morgan fingerprint density at radius 2 is 2.13 bits per heavy atom. The Morgan fingerprint density at radius 1 is 1.26 bits per heavy atom. The molecular formula is C17H20N4O2. The lowest BCUT2D eigenvalue weighted by Gasteiger charge is -2.39. The first-order chi connectivity index (χ1) is 11.2. The van der Waals surface area contributed by atoms with Crippen molar-refractivity contribution in [2.75, 3.05) is 26.2 Å². The molecule has 2 fully saturated rings. The third kappa shape index (κ3) is 2.53. The number of piperidine rings is 1. The lowest BCUT2D eigenvalue weighted by molar-refractivity contribution is 0.0549. The highest BCUT2D eigenvalue weighted by Crippen LogP contribution is 2.36. The second kappa shape index (κ2) is 5.45. The van der Waals surface area contributed by atoms with Crippen molar-refractivity contribution >= 4 is 16.8 Å². The average molecular weight is 312 g/mol. The number of H-pyrrole nitrogens is 1. The molecule has 0 aliphatic carbocycles. The van der Waals surface area contributed by atoms with Gasteiger partial charge in [-0.25, -0.2) is 4.79 Å². The van der Waals surface area contributed by atoms with Crippen LogP contribution in [0.4, 0.5) is 0 Å². The molecular weight excluding hydrogens is 292 g/mol. The van der Waals surface area contributed by atoms with Crippen molar-refractivity contribution in [3.05, 3.63) is 40.4 Å². The summed E-state index contributed by atoms with van der Waals surface area (Å²) < 4.78 is 0. The van der Waals surface area contributed by atoms with Crippen LogP contribution in [0, 0.1) is 5.41 Å². The standard InChI is InChI=1S/C17H20N4O2/c22-15(21-9-3-6-17(11-21)7-8-18-10-17)14-12-4-1-2-5-13(12)19-16(23)20-14/h1-2,4-5,18H,3,6-11H2,(H,19,20,23)/t17-/m1/s1. The Morgan fingerprint density at radius 3 is 2.96 bits per heavy atom. The molecule has 3 heterocycles. The van der Waals surface area contributed by atoms with Gasteiger partial charge in [0, 0.05) is 30.4 Å². The van der Waals surface area contributed by atoms with Crippen LogP contribution in [0.15, 0.2) is 29.1 Å². The Labute approximate surface area is 133 Å². The number of nitrogens with zero attached hydrogens (tertiary/aromatic N) is 2. The summed E-state index contributed by atoms with van der Waals surface area (Å²) in [6.07, 6.45) is 3.28. The number of likely N-dealkylation sites (tertiary alicyclic amines) is 1. The van der Waals surface area contributed by atoms with Crippen molar-refractivity contribution in [2.24, 2.45) is 5.41 Å². The van der Waals surface area contributed by atoms with E-state index in [0.717, 1.165) is 45.4 Å². The Kier molecular flexibility index (Phi) is 3.41. The first-order valence-electron chi connectivity index (χ1n) is 8.16. The van der Waals surface area contributed by atoms with Crippen LogP contribution >= 0.6 is 0 Å². The summed E-state index contributed by atoms with van der Waals surface area (Å²) in [5.74, 6) is -0.127. The molecule has 0 saturated carbocycles. The highest BCUT2D eigenvalue weighted by atomic mass is 16.2. The van der Waals surface area contributed by atoms with Crippen LogP contribution in [0.3, 0.4) is 0 Å². The van der Waals surface area contributed by atoms with Gasteiger partial charge in [0.1, 0.15) is 5.69 Å². The molecule has 0 radical (unpaired) electrons. The fourth-order valence-electron chi connectivity index (χ4n) is 3.94. The minimum Gasteiger partial charge on any atom is -0.337 e. The zero-order valence-electron chi connectivity index (χ0n) is 13.0. The molecule has 4 rings (SSSR count). The number of fused-ring (bicyclic) bond motifs is 1. The van der Waals surface area contributed by atoms with Crippen LogP contribution in [0.5, 0.6) is 0 Å². The van der Waals surface area contributed by atoms with E-state index in [2.05, 4.69) is 15.3 Å². The molecule has 0 bridgehead atoms. The molecule has 2 saturated heterocycles. The molecule has 2 aromatic rings. The van der Waals surface area contributed by atoms with E-state index in [4.69, 9.17) is 0 Å². The summed E-state index contributed by atoms with van der Waals surface area (Å²) in [5, 5.41) is 4.12. The maximum atomic E-state index is 13.0. The lowest BCUT2D eigenvalue weighted by Crippen LogP contribution is -2.47. The maximum absolute atomic E-state index is 13.0. The molecule has 2 aliphatic heterocycles. The monoisotopic (exact) mass is 312 g/mol. The van der Waals surface area contributed by atoms with Crippen molar-refractivity contribution in [3.63, 3.8) is 0 Å². The van der Waals surface area contributed by atoms with Crippen molar-refractivity contribution in [1.82, 2.24) is 20.2 Å². The summed E-state index contributed by atoms with van der Waals surface area (Å²) in [4.78, 5) is 33.3. The Hall–Kier alpha value is -2.21. The topological polar surface area (TPSA) is 78.1 Å². The molecule has 0 unspecified atom stereocenters. The summed E-state index contributed by atoms with van der Waals surface area (Å²) in [7, 11) is 0. The van der Waals surface area contributed by atoms with Gasteiger partial charge in [0.15, 0.2) is 0 Å². The molecule has 6 nitrogen and oxygen atoms in total. The largest absolute Gasteiger partial charge is 0.346 e. The number of aromatic amines is 1. The molecule has 1 spiro atoms. The van der Waals surface area contributed by atoms with Gasteiger partial charge in [0.05, 0.1) is 5.52 Å². The Balaban J connectivity index is 1.70. The molecule has 6 heteroatoms. The van der Waals surface area contributed by atoms with Gasteiger partial charge in [-0.2, -0.15) is 4.98 Å². The number of para-hydroxylation sites is 1. The zero-order valence-corrected chi connectivity index (χ0v) is 13.0. The van der Waals surface area contributed by atoms with E-state index in [1.54, 1.807) is 6.07 Å². The Bertz CT molecular complexity index is 808. The maximum Gasteiger partial charge on any atom is 0.346 e. The van der Waals surface area contributed by atoms with Crippen LogP contribution in [-0.2, 0) is 0 Å². The van der Waals surface area contributed by atoms with Crippen molar-refractivity contribution in [1.29, 1.82) is 0 Å². The number of amides is 1. The quantitative estimate of drug-likeness (QED) is 0.828. The van der Waals surface area contributed by atoms with E-state index < -0.39 is 5.69 Å². The van der Waals surface area contributed by atoms with Crippen molar-refractivity contribution < 1.29 is 4.79 Å². The second-order valence-corrected chi connectivity index (χ2v) is 6.69. The zero-order chi connectivity index (χ0) is 15.9. The number of carbonyl (C=O) groups is 1. The third-order valence-electron chi connectivity index (χ3n) is 5.12. The minimum atomic E-state index is -0.471. The van der Waals surface area contributed by atoms with E-state index in [-0.39, 0.29) is 17.0 Å². The molecule has 1 aromatic carbocycles. The normalized spacial score (nSPS) is 24.4. The van der Waals surface area contributed by atoms with Gasteiger partial charge in [-0.05, 0) is 31.9 Å². The first-order valence-corrected chi connectivity index (χ1v) is 8.16. The van der Waals surface area contributed by atoms with E-state index in [0.29, 0.717) is 10.9 Å². The minimum absolute atomic E-state index is 0.127. The average Bonchev–Trinajstić information content (AvgIpc) is 3.01. The first kappa shape index (κ1) is 14.4. The summed E-state index contributed by atoms with van der Waals surface area (Å²) in [5.41, 5.74) is 0.657. The lowest BCUT2D eigenvalue weighted by atomic mass is 9.79. The molecule has 120 valence electrons. The number of rotatable bonds is 1. The molecule has 2 N–H and O–H groups in total. The number of hydrogen-bond acceptors (Lipinski definition) is 4. The predicted octanol–water partition coefficient (Wildman–Crippen LogP) is 1.14. The highest BCUT2D eigenvalue weighted by molar-refractivity contribution is 6.04. The van der Waals surface area contributed by atoms with Gasteiger partial charge >= 0.3 is 5.69 Å². The van der Waals surface area contributed by atoms with E-state index in [1.807, 2.05) is 23.1 Å². The van der Waals surface area contributed by atoms with Gasteiger partial charge in [-0.1, -0.05) is 18.2 Å². The molecule has 1 amide bonds. The van der Waals surface area contributed by atoms with Crippen molar-refractivity contribution in [3.8, 4) is 0 Å². The number of nitrogens with one attached hydrogen (secondary N) is 2. The molecule has 1 aromatic heterocycles. The summed E-state index contributed by atoms with van der Waals surface area (Å²) >= 11 is 0. The summed E-state index contributed by atoms with van der Waals surface area (Å²) in [6.45, 7) is 3.49. The highest BCUT2D eigenvalue weighted by Gasteiger charge is 2.39. The van der Waals surface area contributed by atoms with Crippen LogP contribution in [-0.4, -0.2) is 47.0 Å². The molecule has 1 atom stereocenters. The van der Waals surface area contributed by atoms with Gasteiger partial charge in [0.25, 0.3) is 5.91 Å². The van der Waals surface area contributed by atoms with Gasteiger partial charge in [0.2, 0.25) is 0 Å². The molecule has 2 aliphatic rings. The summed E-state index contributed by atoms with van der Waals surface area (Å²) in [6, 6.07) is 7.33. The van der Waals surface area contributed by atoms with E-state index >= 15 is 0 Å². The number of hydrogen-bond donors (Lipinski definition) is 2. The molecule has 23 heavy (non-hydrogen) atoms. The van der Waals surface area contributed by atoms with E-state index in [9.17, 15) is 9.59 Å². The SMILES string of the molecule is O=C(c1nc(=O)[nH]c2ccccc12)N1CCC[C@]2(CCNC2)C1. The fourth-order valence-corrected chi connectivity index (χ4v) is 3.94. The second-order valence-electron chi connectivity index (χ2n) is 6.69. The number of benzene rings is 1. The van der Waals surface area contributed by atoms with Crippen molar-refractivity contribution in [2.45, 2.75) is 19.3 Å².